The Bertz CT molecular complexity index is 1010. The van der Waals surface area contributed by atoms with E-state index < -0.39 is 0 Å². The van der Waals surface area contributed by atoms with Crippen LogP contribution in [0, 0.1) is 5.92 Å². The summed E-state index contributed by atoms with van der Waals surface area (Å²) in [5.74, 6) is 0.780. The van der Waals surface area contributed by atoms with E-state index in [1.807, 2.05) is 30.3 Å². The Labute approximate surface area is 154 Å². The van der Waals surface area contributed by atoms with Gasteiger partial charge in [-0.3, -0.25) is 9.59 Å². The third-order valence-electron chi connectivity index (χ3n) is 5.04. The van der Waals surface area contributed by atoms with Crippen LogP contribution in [0.5, 0.6) is 0 Å². The molecular formula is C19H18N4O2S. The Balaban J connectivity index is 1.25. The van der Waals surface area contributed by atoms with Gasteiger partial charge in [0, 0.05) is 31.0 Å². The number of amides is 1. The van der Waals surface area contributed by atoms with E-state index >= 15 is 0 Å². The van der Waals surface area contributed by atoms with Crippen LogP contribution in [0.3, 0.4) is 0 Å². The largest absolute Gasteiger partial charge is 0.336 e. The first-order valence-corrected chi connectivity index (χ1v) is 9.72. The minimum atomic E-state index is -0.0645. The van der Waals surface area contributed by atoms with Gasteiger partial charge in [0.05, 0.1) is 22.5 Å². The molecule has 7 heteroatoms. The molecule has 1 aromatic carbocycles. The molecule has 0 atom stereocenters. The molecule has 0 bridgehead atoms. The Morgan fingerprint density at radius 3 is 2.73 bits per heavy atom. The molecule has 6 nitrogen and oxygen atoms in total. The first-order valence-electron chi connectivity index (χ1n) is 8.90. The first kappa shape index (κ1) is 15.7. The van der Waals surface area contributed by atoms with Crippen LogP contribution < -0.4 is 5.56 Å². The van der Waals surface area contributed by atoms with E-state index in [0.717, 1.165) is 15.9 Å². The monoisotopic (exact) mass is 366 g/mol. The zero-order valence-electron chi connectivity index (χ0n) is 14.2. The Hall–Kier alpha value is -2.54. The van der Waals surface area contributed by atoms with E-state index in [1.165, 1.54) is 24.2 Å². The molecule has 1 aliphatic carbocycles. The van der Waals surface area contributed by atoms with Crippen LogP contribution in [-0.4, -0.2) is 38.7 Å². The number of aromatic nitrogens is 3. The summed E-state index contributed by atoms with van der Waals surface area (Å²) in [7, 11) is 0. The van der Waals surface area contributed by atoms with E-state index in [-0.39, 0.29) is 17.4 Å². The van der Waals surface area contributed by atoms with Gasteiger partial charge in [-0.2, -0.15) is 5.10 Å². The number of benzene rings is 1. The summed E-state index contributed by atoms with van der Waals surface area (Å²) < 4.78 is 2.60. The maximum Gasteiger partial charge on any atom is 0.282 e. The molecule has 1 saturated heterocycles. The van der Waals surface area contributed by atoms with Gasteiger partial charge >= 0.3 is 0 Å². The fourth-order valence-corrected chi connectivity index (χ4v) is 4.32. The van der Waals surface area contributed by atoms with Crippen molar-refractivity contribution in [3.05, 3.63) is 57.5 Å². The van der Waals surface area contributed by atoms with Crippen LogP contribution in [0.1, 0.15) is 34.3 Å². The smallest absolute Gasteiger partial charge is 0.282 e. The average molecular weight is 366 g/mol. The second-order valence-electron chi connectivity index (χ2n) is 7.12. The molecule has 0 N–H and O–H groups in total. The van der Waals surface area contributed by atoms with Crippen molar-refractivity contribution < 1.29 is 4.79 Å². The molecule has 132 valence electrons. The van der Waals surface area contributed by atoms with E-state index in [2.05, 4.69) is 10.1 Å². The lowest BCUT2D eigenvalue weighted by molar-refractivity contribution is 0.0458. The van der Waals surface area contributed by atoms with E-state index in [1.54, 1.807) is 15.6 Å². The second kappa shape index (κ2) is 6.02. The van der Waals surface area contributed by atoms with Gasteiger partial charge < -0.3 is 4.90 Å². The number of para-hydroxylation sites is 1. The standard InChI is InChI=1S/C19H18N4O2S/c24-17-8-7-14(13-5-6-13)21-23(17)11-12-9-22(10-12)19(25)18-20-15-3-1-2-4-16(15)26-18/h1-4,7-8,12-13H,5-6,9-11H2. The van der Waals surface area contributed by atoms with Gasteiger partial charge in [0.25, 0.3) is 11.5 Å². The third kappa shape index (κ3) is 2.82. The molecule has 2 aromatic heterocycles. The number of hydrogen-bond donors (Lipinski definition) is 0. The lowest BCUT2D eigenvalue weighted by atomic mass is 10.0. The van der Waals surface area contributed by atoms with Crippen LogP contribution in [0.25, 0.3) is 10.2 Å². The summed E-state index contributed by atoms with van der Waals surface area (Å²) in [6.45, 7) is 1.87. The fraction of sp³-hybridized carbons (Fsp3) is 0.368. The number of fused-ring (bicyclic) bond motifs is 1. The number of likely N-dealkylation sites (tertiary alicyclic amines) is 1. The highest BCUT2D eigenvalue weighted by molar-refractivity contribution is 7.20. The molecule has 0 spiro atoms. The van der Waals surface area contributed by atoms with E-state index in [9.17, 15) is 9.59 Å². The van der Waals surface area contributed by atoms with Crippen molar-refractivity contribution in [2.24, 2.45) is 5.92 Å². The first-order chi connectivity index (χ1) is 12.7. The quantitative estimate of drug-likeness (QED) is 0.711. The zero-order chi connectivity index (χ0) is 17.7. The molecule has 5 rings (SSSR count). The minimum absolute atomic E-state index is 0.0190. The van der Waals surface area contributed by atoms with Crippen molar-refractivity contribution in [2.45, 2.75) is 25.3 Å². The molecule has 2 fully saturated rings. The van der Waals surface area contributed by atoms with Gasteiger partial charge in [0.1, 0.15) is 0 Å². The lowest BCUT2D eigenvalue weighted by Gasteiger charge is -2.38. The van der Waals surface area contributed by atoms with Crippen molar-refractivity contribution >= 4 is 27.5 Å². The summed E-state index contributed by atoms with van der Waals surface area (Å²) >= 11 is 1.43. The maximum absolute atomic E-state index is 12.6. The van der Waals surface area contributed by atoms with E-state index in [0.29, 0.717) is 30.6 Å². The molecule has 3 heterocycles. The summed E-state index contributed by atoms with van der Waals surface area (Å²) in [4.78, 5) is 30.9. The zero-order valence-corrected chi connectivity index (χ0v) is 15.0. The highest BCUT2D eigenvalue weighted by Gasteiger charge is 2.33. The Morgan fingerprint density at radius 2 is 1.96 bits per heavy atom. The number of thiazole rings is 1. The molecule has 0 radical (unpaired) electrons. The maximum atomic E-state index is 12.6. The molecule has 2 aliphatic rings. The summed E-state index contributed by atoms with van der Waals surface area (Å²) in [5.41, 5.74) is 1.82. The number of carbonyl (C=O) groups is 1. The third-order valence-corrected chi connectivity index (χ3v) is 6.06. The van der Waals surface area contributed by atoms with Crippen molar-refractivity contribution in [3.8, 4) is 0 Å². The predicted octanol–water partition coefficient (Wildman–Crippen LogP) is 2.50. The fourth-order valence-electron chi connectivity index (χ4n) is 3.39. The predicted molar refractivity (Wildman–Crippen MR) is 99.5 cm³/mol. The SMILES string of the molecule is O=C(c1nc2ccccc2s1)N1CC(Cn2nc(C3CC3)ccc2=O)C1. The number of hydrogen-bond acceptors (Lipinski definition) is 5. The Kier molecular flexibility index (Phi) is 3.63. The second-order valence-corrected chi connectivity index (χ2v) is 8.15. The van der Waals surface area contributed by atoms with E-state index in [4.69, 9.17) is 0 Å². The van der Waals surface area contributed by atoms with Crippen molar-refractivity contribution in [1.29, 1.82) is 0 Å². The molecule has 1 aliphatic heterocycles. The summed E-state index contributed by atoms with van der Waals surface area (Å²) in [6, 6.07) is 11.2. The summed E-state index contributed by atoms with van der Waals surface area (Å²) in [6.07, 6.45) is 2.33. The Morgan fingerprint density at radius 1 is 1.15 bits per heavy atom. The van der Waals surface area contributed by atoms with Crippen molar-refractivity contribution in [3.63, 3.8) is 0 Å². The highest BCUT2D eigenvalue weighted by atomic mass is 32.1. The van der Waals surface area contributed by atoms with Gasteiger partial charge in [-0.15, -0.1) is 11.3 Å². The average Bonchev–Trinajstić information content (AvgIpc) is 3.36. The van der Waals surface area contributed by atoms with Crippen LogP contribution in [-0.2, 0) is 6.54 Å². The number of rotatable bonds is 4. The van der Waals surface area contributed by atoms with Gasteiger partial charge in [-0.25, -0.2) is 9.67 Å². The molecule has 1 amide bonds. The molecule has 1 saturated carbocycles. The number of carbonyl (C=O) groups excluding carboxylic acids is 1. The van der Waals surface area contributed by atoms with Crippen LogP contribution in [0.15, 0.2) is 41.2 Å². The highest BCUT2D eigenvalue weighted by Crippen LogP contribution is 2.38. The molecule has 0 unspecified atom stereocenters. The van der Waals surface area contributed by atoms with Gasteiger partial charge in [-0.1, -0.05) is 12.1 Å². The molecular weight excluding hydrogens is 348 g/mol. The van der Waals surface area contributed by atoms with Crippen LogP contribution >= 0.6 is 11.3 Å². The van der Waals surface area contributed by atoms with Crippen molar-refractivity contribution in [2.75, 3.05) is 13.1 Å². The normalized spacial score (nSPS) is 17.5. The van der Waals surface area contributed by atoms with Crippen molar-refractivity contribution in [1.82, 2.24) is 19.7 Å². The van der Waals surface area contributed by atoms with Crippen LogP contribution in [0.2, 0.25) is 0 Å². The summed E-state index contributed by atoms with van der Waals surface area (Å²) in [5, 5.41) is 5.04. The molecule has 26 heavy (non-hydrogen) atoms. The van der Waals surface area contributed by atoms with Gasteiger partial charge in [0.2, 0.25) is 0 Å². The minimum Gasteiger partial charge on any atom is -0.336 e. The molecule has 3 aromatic rings. The van der Waals surface area contributed by atoms with Gasteiger partial charge in [0.15, 0.2) is 5.01 Å². The topological polar surface area (TPSA) is 68.1 Å². The lowest BCUT2D eigenvalue weighted by Crippen LogP contribution is -2.52. The number of nitrogens with zero attached hydrogens (tertiary/aromatic N) is 4. The van der Waals surface area contributed by atoms with Crippen LogP contribution in [0.4, 0.5) is 0 Å². The van der Waals surface area contributed by atoms with Gasteiger partial charge in [-0.05, 0) is 31.0 Å².